The molecule has 3 heterocycles. The minimum atomic E-state index is -3.33. The van der Waals surface area contributed by atoms with E-state index >= 15 is 0 Å². The number of anilines is 1. The first-order valence-electron chi connectivity index (χ1n) is 8.77. The highest BCUT2D eigenvalue weighted by atomic mass is 32.2. The summed E-state index contributed by atoms with van der Waals surface area (Å²) in [6.07, 6.45) is 5.52. The molecule has 0 aromatic carbocycles. The van der Waals surface area contributed by atoms with Crippen molar-refractivity contribution < 1.29 is 17.9 Å². The number of amides is 1. The van der Waals surface area contributed by atoms with Crippen LogP contribution < -0.4 is 9.46 Å². The zero-order chi connectivity index (χ0) is 19.4. The standard InChI is InChI=1S/C17H23N5O4S/c1-3-22-15(6-9-19-22)17(23)21-10-7-14(8-11-21)26-16-5-4-13(12-18-16)20-27(2,24)25/h4-6,9,12,14,20H,3,7-8,10-11H2,1-2H3. The van der Waals surface area contributed by atoms with Crippen molar-refractivity contribution in [2.24, 2.45) is 0 Å². The van der Waals surface area contributed by atoms with E-state index < -0.39 is 10.0 Å². The lowest BCUT2D eigenvalue weighted by molar-refractivity contribution is 0.0577. The Bertz CT molecular complexity index is 886. The van der Waals surface area contributed by atoms with Gasteiger partial charge in [0, 0.05) is 44.7 Å². The maximum absolute atomic E-state index is 12.6. The van der Waals surface area contributed by atoms with Crippen LogP contribution in [0.3, 0.4) is 0 Å². The van der Waals surface area contributed by atoms with Crippen molar-refractivity contribution >= 4 is 21.6 Å². The zero-order valence-corrected chi connectivity index (χ0v) is 16.1. The minimum Gasteiger partial charge on any atom is -0.474 e. The van der Waals surface area contributed by atoms with Crippen molar-refractivity contribution in [2.45, 2.75) is 32.4 Å². The van der Waals surface area contributed by atoms with Crippen LogP contribution in [0.15, 0.2) is 30.6 Å². The van der Waals surface area contributed by atoms with E-state index in [0.717, 1.165) is 6.26 Å². The molecule has 1 aliphatic heterocycles. The van der Waals surface area contributed by atoms with Gasteiger partial charge in [0.05, 0.1) is 18.1 Å². The van der Waals surface area contributed by atoms with E-state index in [1.165, 1.54) is 6.20 Å². The van der Waals surface area contributed by atoms with E-state index in [4.69, 9.17) is 4.74 Å². The molecule has 1 N–H and O–H groups in total. The molecule has 0 unspecified atom stereocenters. The fourth-order valence-electron chi connectivity index (χ4n) is 3.00. The molecular weight excluding hydrogens is 370 g/mol. The molecule has 1 aliphatic rings. The van der Waals surface area contributed by atoms with Gasteiger partial charge < -0.3 is 9.64 Å². The van der Waals surface area contributed by atoms with Gasteiger partial charge in [-0.05, 0) is 19.1 Å². The molecule has 0 radical (unpaired) electrons. The first kappa shape index (κ1) is 19.2. The number of hydrogen-bond acceptors (Lipinski definition) is 6. The fourth-order valence-corrected chi connectivity index (χ4v) is 3.55. The number of ether oxygens (including phenoxy) is 1. The van der Waals surface area contributed by atoms with Crippen molar-refractivity contribution in [3.63, 3.8) is 0 Å². The lowest BCUT2D eigenvalue weighted by Crippen LogP contribution is -2.42. The number of carbonyl (C=O) groups excluding carboxylic acids is 1. The van der Waals surface area contributed by atoms with Crippen molar-refractivity contribution in [2.75, 3.05) is 24.1 Å². The summed E-state index contributed by atoms with van der Waals surface area (Å²) in [4.78, 5) is 18.6. The molecule has 1 fully saturated rings. The van der Waals surface area contributed by atoms with Crippen molar-refractivity contribution in [1.82, 2.24) is 19.7 Å². The Morgan fingerprint density at radius 2 is 2.04 bits per heavy atom. The molecule has 0 atom stereocenters. The number of piperidine rings is 1. The largest absolute Gasteiger partial charge is 0.474 e. The summed E-state index contributed by atoms with van der Waals surface area (Å²) in [5.74, 6) is 0.421. The van der Waals surface area contributed by atoms with Gasteiger partial charge in [-0.25, -0.2) is 13.4 Å². The van der Waals surface area contributed by atoms with E-state index in [0.29, 0.717) is 49.7 Å². The maximum atomic E-state index is 12.6. The molecular formula is C17H23N5O4S. The van der Waals surface area contributed by atoms with E-state index in [2.05, 4.69) is 14.8 Å². The van der Waals surface area contributed by atoms with Crippen LogP contribution in [0, 0.1) is 0 Å². The number of aromatic nitrogens is 3. The highest BCUT2D eigenvalue weighted by Crippen LogP contribution is 2.20. The molecule has 27 heavy (non-hydrogen) atoms. The van der Waals surface area contributed by atoms with Crippen molar-refractivity contribution in [1.29, 1.82) is 0 Å². The molecule has 1 amide bonds. The highest BCUT2D eigenvalue weighted by Gasteiger charge is 2.26. The summed E-state index contributed by atoms with van der Waals surface area (Å²) < 4.78 is 32.3. The second kappa shape index (κ2) is 7.95. The van der Waals surface area contributed by atoms with Crippen LogP contribution in [0.1, 0.15) is 30.3 Å². The fraction of sp³-hybridized carbons (Fsp3) is 0.471. The summed E-state index contributed by atoms with van der Waals surface area (Å²) in [6.45, 7) is 3.81. The van der Waals surface area contributed by atoms with Gasteiger partial charge >= 0.3 is 0 Å². The van der Waals surface area contributed by atoms with Crippen LogP contribution in [0.2, 0.25) is 0 Å². The number of nitrogens with zero attached hydrogens (tertiary/aromatic N) is 4. The van der Waals surface area contributed by atoms with E-state index in [9.17, 15) is 13.2 Å². The Morgan fingerprint density at radius 3 is 2.63 bits per heavy atom. The number of pyridine rings is 1. The third kappa shape index (κ3) is 4.97. The van der Waals surface area contributed by atoms with E-state index in [-0.39, 0.29) is 12.0 Å². The van der Waals surface area contributed by atoms with Crippen LogP contribution in [-0.2, 0) is 16.6 Å². The molecule has 1 saturated heterocycles. The molecule has 0 bridgehead atoms. The second-order valence-corrected chi connectivity index (χ2v) is 8.15. The zero-order valence-electron chi connectivity index (χ0n) is 15.3. The molecule has 0 saturated carbocycles. The van der Waals surface area contributed by atoms with Crippen LogP contribution in [0.5, 0.6) is 5.88 Å². The van der Waals surface area contributed by atoms with Gasteiger partial charge in [-0.2, -0.15) is 5.10 Å². The number of carbonyl (C=O) groups is 1. The summed E-state index contributed by atoms with van der Waals surface area (Å²) in [5.41, 5.74) is 0.991. The summed E-state index contributed by atoms with van der Waals surface area (Å²) in [7, 11) is -3.33. The minimum absolute atomic E-state index is 0.0119. The predicted molar refractivity (Wildman–Crippen MR) is 100 cm³/mol. The summed E-state index contributed by atoms with van der Waals surface area (Å²) in [5, 5.41) is 4.14. The number of aryl methyl sites for hydroxylation is 1. The Balaban J connectivity index is 1.53. The molecule has 3 rings (SSSR count). The monoisotopic (exact) mass is 393 g/mol. The number of hydrogen-bond donors (Lipinski definition) is 1. The van der Waals surface area contributed by atoms with E-state index in [1.54, 1.807) is 29.1 Å². The first-order chi connectivity index (χ1) is 12.9. The average molecular weight is 393 g/mol. The van der Waals surface area contributed by atoms with Crippen LogP contribution in [0.4, 0.5) is 5.69 Å². The maximum Gasteiger partial charge on any atom is 0.272 e. The van der Waals surface area contributed by atoms with Crippen LogP contribution in [0.25, 0.3) is 0 Å². The van der Waals surface area contributed by atoms with E-state index in [1.807, 2.05) is 11.8 Å². The molecule has 0 spiro atoms. The SMILES string of the molecule is CCn1nccc1C(=O)N1CCC(Oc2ccc(NS(C)(=O)=O)cn2)CC1. The second-order valence-electron chi connectivity index (χ2n) is 6.40. The number of rotatable bonds is 6. The third-order valence-electron chi connectivity index (χ3n) is 4.29. The van der Waals surface area contributed by atoms with Crippen molar-refractivity contribution in [3.05, 3.63) is 36.3 Å². The molecule has 2 aromatic heterocycles. The predicted octanol–water partition coefficient (Wildman–Crippen LogP) is 1.35. The van der Waals surface area contributed by atoms with Gasteiger partial charge in [0.15, 0.2) is 0 Å². The Kier molecular flexibility index (Phi) is 5.64. The summed E-state index contributed by atoms with van der Waals surface area (Å²) >= 11 is 0. The van der Waals surface area contributed by atoms with Gasteiger partial charge in [-0.15, -0.1) is 0 Å². The first-order valence-corrected chi connectivity index (χ1v) is 10.7. The topological polar surface area (TPSA) is 106 Å². The molecule has 0 aliphatic carbocycles. The van der Waals surface area contributed by atoms with Gasteiger partial charge in [-0.3, -0.25) is 14.2 Å². The van der Waals surface area contributed by atoms with Crippen LogP contribution in [-0.4, -0.2) is 59.4 Å². The number of nitrogens with one attached hydrogen (secondary N) is 1. The van der Waals surface area contributed by atoms with Gasteiger partial charge in [0.1, 0.15) is 11.8 Å². The normalized spacial score (nSPS) is 15.6. The smallest absolute Gasteiger partial charge is 0.272 e. The lowest BCUT2D eigenvalue weighted by Gasteiger charge is -2.32. The Labute approximate surface area is 158 Å². The molecule has 146 valence electrons. The third-order valence-corrected chi connectivity index (χ3v) is 4.90. The van der Waals surface area contributed by atoms with Gasteiger partial charge in [0.2, 0.25) is 15.9 Å². The Morgan fingerprint density at radius 1 is 1.30 bits per heavy atom. The lowest BCUT2D eigenvalue weighted by atomic mass is 10.1. The average Bonchev–Trinajstić information content (AvgIpc) is 3.11. The highest BCUT2D eigenvalue weighted by molar-refractivity contribution is 7.92. The van der Waals surface area contributed by atoms with Crippen LogP contribution >= 0.6 is 0 Å². The molecule has 10 heteroatoms. The number of sulfonamides is 1. The van der Waals surface area contributed by atoms with Crippen molar-refractivity contribution in [3.8, 4) is 5.88 Å². The number of likely N-dealkylation sites (tertiary alicyclic amines) is 1. The quantitative estimate of drug-likeness (QED) is 0.794. The van der Waals surface area contributed by atoms with Gasteiger partial charge in [0.25, 0.3) is 5.91 Å². The Hall–Kier alpha value is -2.62. The summed E-state index contributed by atoms with van der Waals surface area (Å²) in [6, 6.07) is 4.98. The molecule has 9 nitrogen and oxygen atoms in total. The molecule has 2 aromatic rings. The van der Waals surface area contributed by atoms with Gasteiger partial charge in [-0.1, -0.05) is 0 Å².